The van der Waals surface area contributed by atoms with Crippen LogP contribution in [-0.4, -0.2) is 30.0 Å². The summed E-state index contributed by atoms with van der Waals surface area (Å²) in [6.07, 6.45) is 2.48. The van der Waals surface area contributed by atoms with Gasteiger partial charge in [-0.3, -0.25) is 0 Å². The van der Waals surface area contributed by atoms with Gasteiger partial charge in [-0.05, 0) is 33.4 Å². The van der Waals surface area contributed by atoms with Gasteiger partial charge < -0.3 is 9.32 Å². The minimum absolute atomic E-state index is 0.545. The number of likely N-dealkylation sites (N-methyl/N-ethyl adjacent to an activating group) is 1. The van der Waals surface area contributed by atoms with Gasteiger partial charge in [0.05, 0.1) is 5.69 Å². The lowest BCUT2D eigenvalue weighted by atomic mass is 9.94. The second-order valence-corrected chi connectivity index (χ2v) is 4.69. The number of hydrogen-bond acceptors (Lipinski definition) is 3. The van der Waals surface area contributed by atoms with E-state index >= 15 is 0 Å². The summed E-state index contributed by atoms with van der Waals surface area (Å²) in [7, 11) is 2.16. The monoisotopic (exact) mass is 258 g/mol. The topological polar surface area (TPSA) is 29.3 Å². The molecule has 1 aliphatic heterocycles. The zero-order valence-electron chi connectivity index (χ0n) is 8.59. The highest BCUT2D eigenvalue weighted by atomic mass is 79.9. The number of nitrogens with zero attached hydrogens (tertiary/aromatic N) is 2. The van der Waals surface area contributed by atoms with Gasteiger partial charge in [-0.25, -0.2) is 4.98 Å². The van der Waals surface area contributed by atoms with Gasteiger partial charge in [-0.1, -0.05) is 0 Å². The summed E-state index contributed by atoms with van der Waals surface area (Å²) in [5, 5.41) is 0. The highest BCUT2D eigenvalue weighted by Gasteiger charge is 2.23. The molecule has 78 valence electrons. The van der Waals surface area contributed by atoms with Crippen LogP contribution >= 0.6 is 15.9 Å². The summed E-state index contributed by atoms with van der Waals surface area (Å²) in [4.78, 5) is 7.36. The second-order valence-electron chi connectivity index (χ2n) is 4.01. The van der Waals surface area contributed by atoms with E-state index in [1.54, 1.807) is 0 Å². The van der Waals surface area contributed by atoms with Crippen LogP contribution in [0.3, 0.4) is 0 Å². The summed E-state index contributed by atoms with van der Waals surface area (Å²) < 4.78 is 5.39. The molecule has 0 aliphatic carbocycles. The predicted octanol–water partition coefficient (Wildman–Crippen LogP) is 2.55. The van der Waals surface area contributed by atoms with Crippen LogP contribution in [-0.2, 0) is 0 Å². The maximum absolute atomic E-state index is 5.39. The molecule has 14 heavy (non-hydrogen) atoms. The quantitative estimate of drug-likeness (QED) is 0.776. The predicted molar refractivity (Wildman–Crippen MR) is 58.4 cm³/mol. The summed E-state index contributed by atoms with van der Waals surface area (Å²) in [6.45, 7) is 4.29. The van der Waals surface area contributed by atoms with E-state index in [1.807, 2.05) is 6.92 Å². The molecular formula is C10H15BrN2O. The molecule has 0 N–H and O–H groups in total. The van der Waals surface area contributed by atoms with Gasteiger partial charge in [-0.2, -0.15) is 0 Å². The van der Waals surface area contributed by atoms with Crippen molar-refractivity contribution in [3.8, 4) is 0 Å². The maximum atomic E-state index is 5.39. The zero-order valence-corrected chi connectivity index (χ0v) is 10.2. The van der Waals surface area contributed by atoms with E-state index in [0.29, 0.717) is 10.7 Å². The Morgan fingerprint density at radius 1 is 1.57 bits per heavy atom. The maximum Gasteiger partial charge on any atom is 0.264 e. The van der Waals surface area contributed by atoms with Crippen LogP contribution in [0.15, 0.2) is 9.22 Å². The Morgan fingerprint density at radius 3 is 2.93 bits per heavy atom. The fraction of sp³-hybridized carbons (Fsp3) is 0.700. The fourth-order valence-corrected chi connectivity index (χ4v) is 2.58. The number of hydrogen-bond donors (Lipinski definition) is 0. The molecule has 1 fully saturated rings. The van der Waals surface area contributed by atoms with Crippen molar-refractivity contribution in [3.63, 3.8) is 0 Å². The third-order valence-electron chi connectivity index (χ3n) is 2.82. The van der Waals surface area contributed by atoms with Crippen molar-refractivity contribution >= 4 is 15.9 Å². The van der Waals surface area contributed by atoms with Crippen molar-refractivity contribution in [2.24, 2.45) is 0 Å². The van der Waals surface area contributed by atoms with Gasteiger partial charge >= 0.3 is 0 Å². The minimum atomic E-state index is 0.545. The molecule has 2 rings (SSSR count). The van der Waals surface area contributed by atoms with Crippen molar-refractivity contribution in [2.75, 3.05) is 20.1 Å². The van der Waals surface area contributed by atoms with Gasteiger partial charge in [0, 0.05) is 28.4 Å². The number of rotatable bonds is 1. The van der Waals surface area contributed by atoms with Crippen LogP contribution in [0, 0.1) is 6.92 Å². The third kappa shape index (κ3) is 2.01. The summed E-state index contributed by atoms with van der Waals surface area (Å²) in [6, 6.07) is 0. The molecule has 0 saturated carbocycles. The lowest BCUT2D eigenvalue weighted by Crippen LogP contribution is -2.31. The molecule has 3 nitrogen and oxygen atoms in total. The highest BCUT2D eigenvalue weighted by Crippen LogP contribution is 2.29. The average Bonchev–Trinajstić information content (AvgIpc) is 2.45. The molecule has 0 spiro atoms. The molecular weight excluding hydrogens is 244 g/mol. The number of aromatic nitrogens is 1. The fourth-order valence-electron chi connectivity index (χ4n) is 2.14. The van der Waals surface area contributed by atoms with Crippen molar-refractivity contribution in [2.45, 2.75) is 25.7 Å². The number of halogens is 1. The molecule has 0 radical (unpaired) electrons. The van der Waals surface area contributed by atoms with Crippen molar-refractivity contribution in [1.29, 1.82) is 0 Å². The molecule has 0 aromatic carbocycles. The van der Waals surface area contributed by atoms with Crippen LogP contribution in [0.4, 0.5) is 0 Å². The number of oxazole rings is 1. The first-order chi connectivity index (χ1) is 6.66. The molecule has 0 bridgehead atoms. The van der Waals surface area contributed by atoms with Crippen LogP contribution in [0.5, 0.6) is 0 Å². The first-order valence-electron chi connectivity index (χ1n) is 4.98. The Bertz CT molecular complexity index is 324. The first kappa shape index (κ1) is 10.2. The molecule has 2 heterocycles. The molecule has 1 aromatic heterocycles. The van der Waals surface area contributed by atoms with Gasteiger partial charge in [0.2, 0.25) is 0 Å². The van der Waals surface area contributed by atoms with Gasteiger partial charge in [-0.15, -0.1) is 0 Å². The lowest BCUT2D eigenvalue weighted by molar-refractivity contribution is 0.247. The smallest absolute Gasteiger partial charge is 0.264 e. The Hall–Kier alpha value is -0.350. The molecule has 1 aromatic rings. The summed E-state index contributed by atoms with van der Waals surface area (Å²) in [5.41, 5.74) is 1.13. The third-order valence-corrected chi connectivity index (χ3v) is 3.16. The van der Waals surface area contributed by atoms with E-state index in [2.05, 4.69) is 32.9 Å². The SMILES string of the molecule is Cc1oc(Br)nc1C1CCCN(C)C1. The molecule has 1 unspecified atom stereocenters. The Morgan fingerprint density at radius 2 is 2.36 bits per heavy atom. The molecule has 1 aliphatic rings. The van der Waals surface area contributed by atoms with Gasteiger partial charge in [0.25, 0.3) is 4.80 Å². The second kappa shape index (κ2) is 4.03. The van der Waals surface area contributed by atoms with Crippen LogP contribution in [0.25, 0.3) is 0 Å². The minimum Gasteiger partial charge on any atom is -0.436 e. The van der Waals surface area contributed by atoms with E-state index in [9.17, 15) is 0 Å². The Kier molecular flexibility index (Phi) is 2.93. The summed E-state index contributed by atoms with van der Waals surface area (Å²) >= 11 is 3.27. The standard InChI is InChI=1S/C10H15BrN2O/c1-7-9(12-10(11)14-7)8-4-3-5-13(2)6-8/h8H,3-6H2,1-2H3. The number of piperidine rings is 1. The normalized spacial score (nSPS) is 24.1. The van der Waals surface area contributed by atoms with E-state index in [1.165, 1.54) is 19.4 Å². The van der Waals surface area contributed by atoms with E-state index < -0.39 is 0 Å². The number of aryl methyl sites for hydroxylation is 1. The van der Waals surface area contributed by atoms with Crippen molar-refractivity contribution < 1.29 is 4.42 Å². The van der Waals surface area contributed by atoms with E-state index in [-0.39, 0.29) is 0 Å². The molecule has 0 amide bonds. The van der Waals surface area contributed by atoms with Gasteiger partial charge in [0.1, 0.15) is 5.76 Å². The largest absolute Gasteiger partial charge is 0.436 e. The van der Waals surface area contributed by atoms with Crippen LogP contribution in [0.1, 0.15) is 30.2 Å². The Balaban J connectivity index is 2.17. The summed E-state index contributed by atoms with van der Waals surface area (Å²) in [5.74, 6) is 1.50. The Labute approximate surface area is 92.6 Å². The van der Waals surface area contributed by atoms with Crippen molar-refractivity contribution in [3.05, 3.63) is 16.3 Å². The first-order valence-corrected chi connectivity index (χ1v) is 5.77. The lowest BCUT2D eigenvalue weighted by Gasteiger charge is -2.28. The molecule has 1 atom stereocenters. The van der Waals surface area contributed by atoms with E-state index in [4.69, 9.17) is 4.42 Å². The zero-order chi connectivity index (χ0) is 10.1. The van der Waals surface area contributed by atoms with E-state index in [0.717, 1.165) is 18.0 Å². The van der Waals surface area contributed by atoms with Gasteiger partial charge in [0.15, 0.2) is 0 Å². The molecule has 4 heteroatoms. The number of likely N-dealkylation sites (tertiary alicyclic amines) is 1. The van der Waals surface area contributed by atoms with Crippen LogP contribution < -0.4 is 0 Å². The average molecular weight is 259 g/mol. The van der Waals surface area contributed by atoms with Crippen LogP contribution in [0.2, 0.25) is 0 Å². The molecule has 1 saturated heterocycles. The van der Waals surface area contributed by atoms with Crippen molar-refractivity contribution in [1.82, 2.24) is 9.88 Å². The highest BCUT2D eigenvalue weighted by molar-refractivity contribution is 9.10.